The topological polar surface area (TPSA) is 67.1 Å². The third-order valence-corrected chi connectivity index (χ3v) is 5.31. The van der Waals surface area contributed by atoms with Crippen LogP contribution in [0.25, 0.3) is 10.2 Å². The lowest BCUT2D eigenvalue weighted by atomic mass is 9.88. The number of anilines is 1. The minimum atomic E-state index is -0.802. The van der Waals surface area contributed by atoms with Crippen molar-refractivity contribution >= 4 is 27.4 Å². The third-order valence-electron chi connectivity index (χ3n) is 4.41. The van der Waals surface area contributed by atoms with Crippen molar-refractivity contribution in [3.05, 3.63) is 35.7 Å². The predicted octanol–water partition coefficient (Wildman–Crippen LogP) is 1.91. The van der Waals surface area contributed by atoms with Crippen molar-refractivity contribution in [2.45, 2.75) is 18.4 Å². The number of aryl methyl sites for hydroxylation is 1. The van der Waals surface area contributed by atoms with Gasteiger partial charge in [-0.15, -0.1) is 11.3 Å². The number of hydrogen-bond donors (Lipinski definition) is 1. The molecule has 22 heavy (non-hydrogen) atoms. The maximum absolute atomic E-state index is 10.9. The SMILES string of the molecule is Cn1nccc1C1(O)CCN(c2ncnc3ccsc23)CC1. The highest BCUT2D eigenvalue weighted by atomic mass is 32.1. The van der Waals surface area contributed by atoms with Crippen LogP contribution in [0.1, 0.15) is 18.5 Å². The maximum atomic E-state index is 10.9. The number of nitrogens with zero attached hydrogens (tertiary/aromatic N) is 5. The van der Waals surface area contributed by atoms with Crippen LogP contribution < -0.4 is 4.90 Å². The summed E-state index contributed by atoms with van der Waals surface area (Å²) in [6.07, 6.45) is 4.69. The number of piperidine rings is 1. The van der Waals surface area contributed by atoms with Gasteiger partial charge in [-0.1, -0.05) is 0 Å². The first kappa shape index (κ1) is 13.7. The molecule has 4 heterocycles. The van der Waals surface area contributed by atoms with E-state index in [1.165, 1.54) is 0 Å². The van der Waals surface area contributed by atoms with E-state index < -0.39 is 5.60 Å². The van der Waals surface area contributed by atoms with Gasteiger partial charge in [0.1, 0.15) is 17.7 Å². The molecule has 1 N–H and O–H groups in total. The molecular formula is C15H17N5OS. The first-order valence-corrected chi connectivity index (χ1v) is 8.19. The molecule has 4 rings (SSSR count). The Morgan fingerprint density at radius 2 is 2.05 bits per heavy atom. The van der Waals surface area contributed by atoms with Crippen LogP contribution in [0.3, 0.4) is 0 Å². The number of rotatable bonds is 2. The zero-order chi connectivity index (χ0) is 15.2. The van der Waals surface area contributed by atoms with E-state index in [0.717, 1.165) is 34.8 Å². The van der Waals surface area contributed by atoms with E-state index in [1.807, 2.05) is 24.6 Å². The molecule has 0 saturated carbocycles. The Kier molecular flexibility index (Phi) is 3.12. The molecular weight excluding hydrogens is 298 g/mol. The first-order valence-electron chi connectivity index (χ1n) is 7.31. The zero-order valence-electron chi connectivity index (χ0n) is 12.3. The summed E-state index contributed by atoms with van der Waals surface area (Å²) < 4.78 is 2.88. The van der Waals surface area contributed by atoms with Crippen LogP contribution in [-0.4, -0.2) is 37.9 Å². The van der Waals surface area contributed by atoms with Crippen LogP contribution in [-0.2, 0) is 12.6 Å². The molecule has 0 bridgehead atoms. The Morgan fingerprint density at radius 3 is 2.77 bits per heavy atom. The predicted molar refractivity (Wildman–Crippen MR) is 86.0 cm³/mol. The molecule has 0 amide bonds. The third kappa shape index (κ3) is 2.08. The largest absolute Gasteiger partial charge is 0.383 e. The molecule has 1 aliphatic rings. The van der Waals surface area contributed by atoms with Crippen LogP contribution in [0.15, 0.2) is 30.0 Å². The van der Waals surface area contributed by atoms with Gasteiger partial charge >= 0.3 is 0 Å². The molecule has 1 fully saturated rings. The van der Waals surface area contributed by atoms with E-state index in [2.05, 4.69) is 20.0 Å². The standard InChI is InChI=1S/C15H17N5OS/c1-19-12(2-6-18-19)15(21)4-7-20(8-5-15)14-13-11(3-9-22-13)16-10-17-14/h2-3,6,9-10,21H,4-5,7-8H2,1H3. The van der Waals surface area contributed by atoms with Gasteiger partial charge in [0.2, 0.25) is 0 Å². The highest BCUT2D eigenvalue weighted by molar-refractivity contribution is 7.17. The Labute approximate surface area is 132 Å². The molecule has 0 aliphatic carbocycles. The van der Waals surface area contributed by atoms with E-state index in [9.17, 15) is 5.11 Å². The summed E-state index contributed by atoms with van der Waals surface area (Å²) in [4.78, 5) is 11.0. The van der Waals surface area contributed by atoms with Gasteiger partial charge < -0.3 is 10.0 Å². The van der Waals surface area contributed by atoms with Crippen LogP contribution in [0.4, 0.5) is 5.82 Å². The number of hydrogen-bond acceptors (Lipinski definition) is 6. The minimum Gasteiger partial charge on any atom is -0.383 e. The Balaban J connectivity index is 1.60. The average Bonchev–Trinajstić information content (AvgIpc) is 3.16. The van der Waals surface area contributed by atoms with E-state index in [1.54, 1.807) is 28.5 Å². The second-order valence-electron chi connectivity index (χ2n) is 5.69. The minimum absolute atomic E-state index is 0.670. The monoisotopic (exact) mass is 315 g/mol. The fourth-order valence-corrected chi connectivity index (χ4v) is 4.04. The molecule has 1 saturated heterocycles. The number of thiophene rings is 1. The zero-order valence-corrected chi connectivity index (χ0v) is 13.1. The summed E-state index contributed by atoms with van der Waals surface area (Å²) in [7, 11) is 1.87. The van der Waals surface area contributed by atoms with Crippen molar-refractivity contribution in [2.24, 2.45) is 7.05 Å². The van der Waals surface area contributed by atoms with E-state index >= 15 is 0 Å². The second-order valence-corrected chi connectivity index (χ2v) is 6.61. The Bertz CT molecular complexity index is 803. The number of aromatic nitrogens is 4. The molecule has 0 aromatic carbocycles. The van der Waals surface area contributed by atoms with Crippen molar-refractivity contribution < 1.29 is 5.11 Å². The Morgan fingerprint density at radius 1 is 1.23 bits per heavy atom. The van der Waals surface area contributed by atoms with Gasteiger partial charge in [-0.25, -0.2) is 9.97 Å². The van der Waals surface area contributed by atoms with E-state index in [0.29, 0.717) is 12.8 Å². The highest BCUT2D eigenvalue weighted by Crippen LogP contribution is 2.36. The van der Waals surface area contributed by atoms with E-state index in [-0.39, 0.29) is 0 Å². The maximum Gasteiger partial charge on any atom is 0.150 e. The van der Waals surface area contributed by atoms with Crippen LogP contribution in [0.5, 0.6) is 0 Å². The molecule has 0 unspecified atom stereocenters. The van der Waals surface area contributed by atoms with Gasteiger partial charge in [-0.3, -0.25) is 4.68 Å². The van der Waals surface area contributed by atoms with Crippen molar-refractivity contribution in [1.29, 1.82) is 0 Å². The summed E-state index contributed by atoms with van der Waals surface area (Å²) in [6.45, 7) is 1.54. The normalized spacial score (nSPS) is 18.0. The lowest BCUT2D eigenvalue weighted by Crippen LogP contribution is -2.44. The van der Waals surface area contributed by atoms with Crippen LogP contribution in [0.2, 0.25) is 0 Å². The Hall–Kier alpha value is -1.99. The quantitative estimate of drug-likeness (QED) is 0.782. The van der Waals surface area contributed by atoms with Crippen molar-refractivity contribution in [2.75, 3.05) is 18.0 Å². The van der Waals surface area contributed by atoms with Gasteiger partial charge in [0.25, 0.3) is 0 Å². The molecule has 0 spiro atoms. The molecule has 6 nitrogen and oxygen atoms in total. The lowest BCUT2D eigenvalue weighted by molar-refractivity contribution is 0.00408. The summed E-state index contributed by atoms with van der Waals surface area (Å²) in [5.74, 6) is 0.979. The van der Waals surface area contributed by atoms with Gasteiger partial charge in [0, 0.05) is 26.3 Å². The van der Waals surface area contributed by atoms with Gasteiger partial charge in [-0.05, 0) is 30.4 Å². The summed E-state index contributed by atoms with van der Waals surface area (Å²) in [6, 6.07) is 3.92. The highest BCUT2D eigenvalue weighted by Gasteiger charge is 2.36. The molecule has 0 radical (unpaired) electrons. The fourth-order valence-electron chi connectivity index (χ4n) is 3.18. The average molecular weight is 315 g/mol. The van der Waals surface area contributed by atoms with Crippen LogP contribution in [0, 0.1) is 0 Å². The van der Waals surface area contributed by atoms with Gasteiger partial charge in [-0.2, -0.15) is 5.10 Å². The van der Waals surface area contributed by atoms with Crippen molar-refractivity contribution in [3.8, 4) is 0 Å². The lowest BCUT2D eigenvalue weighted by Gasteiger charge is -2.38. The molecule has 3 aromatic rings. The van der Waals surface area contributed by atoms with Crippen molar-refractivity contribution in [3.63, 3.8) is 0 Å². The number of aliphatic hydroxyl groups is 1. The molecule has 114 valence electrons. The molecule has 0 atom stereocenters. The summed E-state index contributed by atoms with van der Waals surface area (Å²) in [5, 5.41) is 17.1. The van der Waals surface area contributed by atoms with E-state index in [4.69, 9.17) is 0 Å². The molecule has 3 aromatic heterocycles. The van der Waals surface area contributed by atoms with Gasteiger partial charge in [0.15, 0.2) is 0 Å². The fraction of sp³-hybridized carbons (Fsp3) is 0.400. The number of fused-ring (bicyclic) bond motifs is 1. The second kappa shape index (κ2) is 5.03. The van der Waals surface area contributed by atoms with Crippen LogP contribution >= 0.6 is 11.3 Å². The van der Waals surface area contributed by atoms with Gasteiger partial charge in [0.05, 0.1) is 15.9 Å². The summed E-state index contributed by atoms with van der Waals surface area (Å²) >= 11 is 1.66. The summed E-state index contributed by atoms with van der Waals surface area (Å²) in [5.41, 5.74) is 1.07. The molecule has 7 heteroatoms. The smallest absolute Gasteiger partial charge is 0.150 e. The molecule has 1 aliphatic heterocycles. The first-order chi connectivity index (χ1) is 10.7. The van der Waals surface area contributed by atoms with Crippen molar-refractivity contribution in [1.82, 2.24) is 19.7 Å².